The van der Waals surface area contributed by atoms with Gasteiger partial charge in [0, 0.05) is 27.8 Å². The number of hydrogen-bond acceptors (Lipinski definition) is 5. The van der Waals surface area contributed by atoms with Crippen molar-refractivity contribution in [1.82, 2.24) is 0 Å². The van der Waals surface area contributed by atoms with Gasteiger partial charge in [-0.15, -0.1) is 0 Å². The molecule has 0 aliphatic rings. The van der Waals surface area contributed by atoms with Gasteiger partial charge in [-0.25, -0.2) is 4.79 Å². The Hall–Kier alpha value is -3.65. The number of carbonyl (C=O) groups excluding carboxylic acids is 3. The molecule has 0 spiro atoms. The molecule has 170 valence electrons. The van der Waals surface area contributed by atoms with Gasteiger partial charge in [-0.1, -0.05) is 40.2 Å². The van der Waals surface area contributed by atoms with E-state index in [9.17, 15) is 14.4 Å². The molecule has 0 fully saturated rings. The van der Waals surface area contributed by atoms with E-state index in [-0.39, 0.29) is 24.2 Å². The molecule has 0 unspecified atom stereocenters. The maximum Gasteiger partial charge on any atom is 0.513 e. The van der Waals surface area contributed by atoms with Crippen LogP contribution in [0.4, 0.5) is 16.2 Å². The maximum absolute atomic E-state index is 12.5. The Labute approximate surface area is 200 Å². The first-order valence-corrected chi connectivity index (χ1v) is 11.1. The fourth-order valence-corrected chi connectivity index (χ4v) is 3.45. The van der Waals surface area contributed by atoms with Crippen molar-refractivity contribution in [3.8, 4) is 5.75 Å². The SMILES string of the molecule is CCOC(=O)Oc1ccc(C(=O)Nc2cccc(NC(=O)CCc3ccccc3Br)c2)cc1. The second kappa shape index (κ2) is 11.8. The van der Waals surface area contributed by atoms with E-state index in [1.807, 2.05) is 24.3 Å². The van der Waals surface area contributed by atoms with Gasteiger partial charge in [-0.3, -0.25) is 9.59 Å². The van der Waals surface area contributed by atoms with E-state index >= 15 is 0 Å². The van der Waals surface area contributed by atoms with E-state index in [1.165, 1.54) is 24.3 Å². The molecular weight excluding hydrogens is 488 g/mol. The van der Waals surface area contributed by atoms with Crippen molar-refractivity contribution in [2.24, 2.45) is 0 Å². The van der Waals surface area contributed by atoms with Gasteiger partial charge in [-0.05, 0) is 67.4 Å². The molecule has 2 N–H and O–H groups in total. The lowest BCUT2D eigenvalue weighted by molar-refractivity contribution is -0.116. The molecule has 0 aliphatic heterocycles. The monoisotopic (exact) mass is 510 g/mol. The van der Waals surface area contributed by atoms with Crippen LogP contribution in [0.1, 0.15) is 29.3 Å². The summed E-state index contributed by atoms with van der Waals surface area (Å²) in [5.41, 5.74) is 2.57. The summed E-state index contributed by atoms with van der Waals surface area (Å²) in [6.07, 6.45) is 0.142. The Morgan fingerprint density at radius 1 is 0.879 bits per heavy atom. The van der Waals surface area contributed by atoms with Crippen LogP contribution in [0.3, 0.4) is 0 Å². The van der Waals surface area contributed by atoms with Crippen LogP contribution in [-0.2, 0) is 16.0 Å². The third kappa shape index (κ3) is 7.47. The third-order valence-corrected chi connectivity index (χ3v) is 5.34. The van der Waals surface area contributed by atoms with Gasteiger partial charge in [-0.2, -0.15) is 0 Å². The molecule has 0 saturated carbocycles. The number of anilines is 2. The highest BCUT2D eigenvalue weighted by Crippen LogP contribution is 2.20. The van der Waals surface area contributed by atoms with E-state index in [0.29, 0.717) is 29.8 Å². The largest absolute Gasteiger partial charge is 0.513 e. The number of amides is 2. The zero-order valence-corrected chi connectivity index (χ0v) is 19.6. The lowest BCUT2D eigenvalue weighted by Gasteiger charge is -2.10. The standard InChI is InChI=1S/C25H23BrN2O5/c1-2-32-25(31)33-21-13-10-18(11-14-21)24(30)28-20-8-5-7-19(16-20)27-23(29)15-12-17-6-3-4-9-22(17)26/h3-11,13-14,16H,2,12,15H2,1H3,(H,27,29)(H,28,30). The van der Waals surface area contributed by atoms with Crippen molar-refractivity contribution in [2.75, 3.05) is 17.2 Å². The summed E-state index contributed by atoms with van der Waals surface area (Å²) in [6, 6.07) is 20.8. The molecule has 7 nitrogen and oxygen atoms in total. The second-order valence-corrected chi connectivity index (χ2v) is 7.84. The molecule has 8 heteroatoms. The number of ether oxygens (including phenoxy) is 2. The molecule has 3 aromatic carbocycles. The van der Waals surface area contributed by atoms with Crippen LogP contribution in [-0.4, -0.2) is 24.6 Å². The third-order valence-electron chi connectivity index (χ3n) is 4.56. The first-order chi connectivity index (χ1) is 15.9. The van der Waals surface area contributed by atoms with Crippen LogP contribution in [0.15, 0.2) is 77.3 Å². The normalized spacial score (nSPS) is 10.2. The number of carbonyl (C=O) groups is 3. The van der Waals surface area contributed by atoms with Crippen LogP contribution in [0.2, 0.25) is 0 Å². The lowest BCUT2D eigenvalue weighted by Crippen LogP contribution is -2.14. The second-order valence-electron chi connectivity index (χ2n) is 6.98. The minimum absolute atomic E-state index is 0.119. The van der Waals surface area contributed by atoms with Crippen molar-refractivity contribution in [3.05, 3.63) is 88.4 Å². The zero-order chi connectivity index (χ0) is 23.6. The fourth-order valence-electron chi connectivity index (χ4n) is 2.97. The summed E-state index contributed by atoms with van der Waals surface area (Å²) in [5, 5.41) is 5.64. The number of aryl methyl sites for hydroxylation is 1. The van der Waals surface area contributed by atoms with Crippen LogP contribution in [0.25, 0.3) is 0 Å². The first kappa shape index (κ1) is 24.0. The molecule has 2 amide bonds. The summed E-state index contributed by atoms with van der Waals surface area (Å²) >= 11 is 3.49. The highest BCUT2D eigenvalue weighted by atomic mass is 79.9. The average Bonchev–Trinajstić information content (AvgIpc) is 2.79. The van der Waals surface area contributed by atoms with Crippen molar-refractivity contribution >= 4 is 45.3 Å². The minimum atomic E-state index is -0.801. The molecular formula is C25H23BrN2O5. The Bertz CT molecular complexity index is 1130. The Morgan fingerprint density at radius 2 is 1.58 bits per heavy atom. The molecule has 0 bridgehead atoms. The molecule has 3 rings (SSSR count). The topological polar surface area (TPSA) is 93.7 Å². The average molecular weight is 511 g/mol. The molecule has 0 heterocycles. The summed E-state index contributed by atoms with van der Waals surface area (Å²) in [4.78, 5) is 36.2. The predicted octanol–water partition coefficient (Wildman–Crippen LogP) is 5.81. The summed E-state index contributed by atoms with van der Waals surface area (Å²) in [7, 11) is 0. The molecule has 33 heavy (non-hydrogen) atoms. The van der Waals surface area contributed by atoms with Crippen LogP contribution in [0, 0.1) is 0 Å². The van der Waals surface area contributed by atoms with Crippen molar-refractivity contribution in [2.45, 2.75) is 19.8 Å². The quantitative estimate of drug-likeness (QED) is 0.294. The fraction of sp³-hybridized carbons (Fsp3) is 0.160. The Morgan fingerprint density at radius 3 is 2.27 bits per heavy atom. The molecule has 3 aromatic rings. The Balaban J connectivity index is 1.54. The first-order valence-electron chi connectivity index (χ1n) is 10.3. The summed E-state index contributed by atoms with van der Waals surface area (Å²) in [6.45, 7) is 1.89. The molecule has 0 aromatic heterocycles. The van der Waals surface area contributed by atoms with E-state index in [2.05, 4.69) is 26.6 Å². The van der Waals surface area contributed by atoms with Crippen LogP contribution in [0.5, 0.6) is 5.75 Å². The summed E-state index contributed by atoms with van der Waals surface area (Å²) < 4.78 is 10.7. The molecule has 0 aliphatic carbocycles. The maximum atomic E-state index is 12.5. The van der Waals surface area contributed by atoms with Crippen LogP contribution < -0.4 is 15.4 Å². The molecule has 0 radical (unpaired) electrons. The van der Waals surface area contributed by atoms with Crippen molar-refractivity contribution < 1.29 is 23.9 Å². The highest BCUT2D eigenvalue weighted by molar-refractivity contribution is 9.10. The lowest BCUT2D eigenvalue weighted by atomic mass is 10.1. The van der Waals surface area contributed by atoms with E-state index in [4.69, 9.17) is 9.47 Å². The number of nitrogens with one attached hydrogen (secondary N) is 2. The molecule has 0 atom stereocenters. The number of rotatable bonds is 8. The van der Waals surface area contributed by atoms with Crippen molar-refractivity contribution in [1.29, 1.82) is 0 Å². The van der Waals surface area contributed by atoms with Crippen molar-refractivity contribution in [3.63, 3.8) is 0 Å². The number of benzene rings is 3. The van der Waals surface area contributed by atoms with Gasteiger partial charge in [0.15, 0.2) is 0 Å². The molecule has 0 saturated heterocycles. The smallest absolute Gasteiger partial charge is 0.434 e. The highest BCUT2D eigenvalue weighted by Gasteiger charge is 2.10. The van der Waals surface area contributed by atoms with Gasteiger partial charge < -0.3 is 20.1 Å². The number of hydrogen-bond donors (Lipinski definition) is 2. The number of halogens is 1. The van der Waals surface area contributed by atoms with Gasteiger partial charge in [0.2, 0.25) is 5.91 Å². The van der Waals surface area contributed by atoms with E-state index < -0.39 is 6.16 Å². The van der Waals surface area contributed by atoms with E-state index in [1.54, 1.807) is 31.2 Å². The van der Waals surface area contributed by atoms with Gasteiger partial charge >= 0.3 is 6.16 Å². The van der Waals surface area contributed by atoms with Crippen LogP contribution >= 0.6 is 15.9 Å². The zero-order valence-electron chi connectivity index (χ0n) is 18.0. The van der Waals surface area contributed by atoms with Gasteiger partial charge in [0.1, 0.15) is 5.75 Å². The van der Waals surface area contributed by atoms with E-state index in [0.717, 1.165) is 10.0 Å². The summed E-state index contributed by atoms with van der Waals surface area (Å²) in [5.74, 6) is -0.182. The minimum Gasteiger partial charge on any atom is -0.434 e. The predicted molar refractivity (Wildman–Crippen MR) is 130 cm³/mol. The van der Waals surface area contributed by atoms with Gasteiger partial charge in [0.05, 0.1) is 6.61 Å². The Kier molecular flexibility index (Phi) is 8.60. The van der Waals surface area contributed by atoms with Gasteiger partial charge in [0.25, 0.3) is 5.91 Å².